The number of benzene rings is 3. The Hall–Kier alpha value is -3.52. The Morgan fingerprint density at radius 3 is 1.25 bits per heavy atom. The van der Waals surface area contributed by atoms with Gasteiger partial charge in [-0.2, -0.15) is 0 Å². The third-order valence-corrected chi connectivity index (χ3v) is 9.86. The summed E-state index contributed by atoms with van der Waals surface area (Å²) >= 11 is 0. The van der Waals surface area contributed by atoms with Crippen LogP contribution < -0.4 is 0 Å². The zero-order chi connectivity index (χ0) is 23.4. The van der Waals surface area contributed by atoms with Crippen LogP contribution in [0.2, 0.25) is 0 Å². The Kier molecular flexibility index (Phi) is 3.84. The van der Waals surface area contributed by atoms with Crippen molar-refractivity contribution < 1.29 is 0 Å². The number of rotatable bonds is 2. The summed E-state index contributed by atoms with van der Waals surface area (Å²) in [5.41, 5.74) is 13.4. The highest BCUT2D eigenvalue weighted by Crippen LogP contribution is 2.60. The van der Waals surface area contributed by atoms with Crippen molar-refractivity contribution in [1.82, 2.24) is 9.97 Å². The van der Waals surface area contributed by atoms with E-state index in [1.54, 1.807) is 11.1 Å². The van der Waals surface area contributed by atoms with E-state index in [9.17, 15) is 0 Å². The van der Waals surface area contributed by atoms with E-state index in [1.165, 1.54) is 82.9 Å². The van der Waals surface area contributed by atoms with Crippen molar-refractivity contribution in [1.29, 1.82) is 0 Å². The van der Waals surface area contributed by atoms with Gasteiger partial charge in [0.25, 0.3) is 0 Å². The average Bonchev–Trinajstić information content (AvgIpc) is 3.75. The fourth-order valence-corrected chi connectivity index (χ4v) is 8.48. The standard InChI is InChI=1S/C34H28N2/c1-3-7-19(8-4-1)31-29-23-13-11-21(17-23)27(29)25-15-16-26-28-22-12-14-24(18-22)30(28)32(20-9-5-2-6-10-20)36-34(26)33(25)35-31/h1-10,15-16,21-24H,11-14,17-18H2. The van der Waals surface area contributed by atoms with Gasteiger partial charge in [-0.15, -0.1) is 0 Å². The van der Waals surface area contributed by atoms with Gasteiger partial charge in [-0.1, -0.05) is 72.8 Å². The lowest BCUT2D eigenvalue weighted by Crippen LogP contribution is -2.07. The van der Waals surface area contributed by atoms with Gasteiger partial charge in [-0.3, -0.25) is 0 Å². The number of aromatic nitrogens is 2. The third kappa shape index (κ3) is 2.47. The highest BCUT2D eigenvalue weighted by atomic mass is 14.8. The molecule has 4 aliphatic carbocycles. The van der Waals surface area contributed by atoms with Crippen LogP contribution in [-0.4, -0.2) is 9.97 Å². The van der Waals surface area contributed by atoms with Crippen molar-refractivity contribution in [2.75, 3.05) is 0 Å². The highest BCUT2D eigenvalue weighted by Gasteiger charge is 2.43. The SMILES string of the molecule is c1ccc(-c2nc3c(ccc4c5c(c(-c6ccccc6)nc43)C3CCC5C3)c3c2C2CCC3C2)cc1. The summed E-state index contributed by atoms with van der Waals surface area (Å²) in [7, 11) is 0. The van der Waals surface area contributed by atoms with Crippen molar-refractivity contribution in [3.05, 3.63) is 95.1 Å². The summed E-state index contributed by atoms with van der Waals surface area (Å²) in [4.78, 5) is 11.0. The number of nitrogens with zero attached hydrogens (tertiary/aromatic N) is 2. The van der Waals surface area contributed by atoms with Crippen LogP contribution in [0.1, 0.15) is 84.5 Å². The average molecular weight is 465 g/mol. The van der Waals surface area contributed by atoms with Gasteiger partial charge in [0.2, 0.25) is 0 Å². The van der Waals surface area contributed by atoms with Crippen LogP contribution in [0.4, 0.5) is 0 Å². The minimum atomic E-state index is 0.663. The van der Waals surface area contributed by atoms with Crippen molar-refractivity contribution in [2.24, 2.45) is 0 Å². The molecule has 2 saturated carbocycles. The molecule has 174 valence electrons. The molecule has 2 heteroatoms. The van der Waals surface area contributed by atoms with Crippen LogP contribution in [0.15, 0.2) is 72.8 Å². The van der Waals surface area contributed by atoms with Crippen LogP contribution in [0, 0.1) is 0 Å². The van der Waals surface area contributed by atoms with Crippen LogP contribution in [-0.2, 0) is 0 Å². The van der Waals surface area contributed by atoms with E-state index in [0.29, 0.717) is 23.7 Å². The smallest absolute Gasteiger partial charge is 0.0975 e. The summed E-state index contributed by atoms with van der Waals surface area (Å²) in [6.45, 7) is 0. The molecule has 2 nitrogen and oxygen atoms in total. The third-order valence-electron chi connectivity index (χ3n) is 9.86. The molecule has 4 bridgehead atoms. The molecule has 0 spiro atoms. The van der Waals surface area contributed by atoms with Gasteiger partial charge in [-0.05, 0) is 84.5 Å². The number of fused-ring (bicyclic) bond motifs is 15. The molecule has 2 aromatic heterocycles. The van der Waals surface area contributed by atoms with Crippen molar-refractivity contribution in [3.63, 3.8) is 0 Å². The normalized spacial score (nSPS) is 25.1. The van der Waals surface area contributed by atoms with E-state index in [0.717, 1.165) is 11.0 Å². The van der Waals surface area contributed by atoms with Gasteiger partial charge >= 0.3 is 0 Å². The first-order chi connectivity index (χ1) is 17.8. The lowest BCUT2D eigenvalue weighted by Gasteiger charge is -2.24. The second kappa shape index (κ2) is 7.03. The topological polar surface area (TPSA) is 25.8 Å². The fraction of sp³-hybridized carbons (Fsp3) is 0.294. The molecule has 0 radical (unpaired) electrons. The van der Waals surface area contributed by atoms with E-state index in [1.807, 2.05) is 0 Å². The fourth-order valence-electron chi connectivity index (χ4n) is 8.48. The summed E-state index contributed by atoms with van der Waals surface area (Å²) in [6, 6.07) is 26.6. The quantitative estimate of drug-likeness (QED) is 0.244. The molecular formula is C34H28N2. The van der Waals surface area contributed by atoms with Crippen molar-refractivity contribution >= 4 is 21.8 Å². The minimum absolute atomic E-state index is 0.663. The molecule has 36 heavy (non-hydrogen) atoms. The van der Waals surface area contributed by atoms with Gasteiger partial charge in [0, 0.05) is 21.9 Å². The van der Waals surface area contributed by atoms with Crippen molar-refractivity contribution in [2.45, 2.75) is 62.2 Å². The molecule has 0 N–H and O–H groups in total. The molecule has 4 atom stereocenters. The van der Waals surface area contributed by atoms with E-state index >= 15 is 0 Å². The molecule has 0 amide bonds. The molecule has 9 rings (SSSR count). The van der Waals surface area contributed by atoms with Gasteiger partial charge in [0.1, 0.15) is 0 Å². The molecule has 2 fully saturated rings. The maximum Gasteiger partial charge on any atom is 0.0975 e. The van der Waals surface area contributed by atoms with Crippen LogP contribution in [0.3, 0.4) is 0 Å². The first kappa shape index (κ1) is 19.6. The zero-order valence-electron chi connectivity index (χ0n) is 20.4. The molecule has 0 aliphatic heterocycles. The second-order valence-electron chi connectivity index (χ2n) is 11.6. The first-order valence-electron chi connectivity index (χ1n) is 13.8. The van der Waals surface area contributed by atoms with E-state index in [-0.39, 0.29) is 0 Å². The lowest BCUT2D eigenvalue weighted by atomic mass is 9.84. The van der Waals surface area contributed by atoms with E-state index < -0.39 is 0 Å². The summed E-state index contributed by atoms with van der Waals surface area (Å²) in [6.07, 6.45) is 7.85. The minimum Gasteiger partial charge on any atom is -0.245 e. The molecular weight excluding hydrogens is 436 g/mol. The van der Waals surface area contributed by atoms with Gasteiger partial charge in [-0.25, -0.2) is 9.97 Å². The van der Waals surface area contributed by atoms with Gasteiger partial charge < -0.3 is 0 Å². The number of hydrogen-bond acceptors (Lipinski definition) is 2. The number of hydrogen-bond donors (Lipinski definition) is 0. The number of pyridine rings is 2. The monoisotopic (exact) mass is 464 g/mol. The highest BCUT2D eigenvalue weighted by molar-refractivity contribution is 6.08. The second-order valence-corrected chi connectivity index (χ2v) is 11.6. The summed E-state index contributed by atoms with van der Waals surface area (Å²) in [5.74, 6) is 2.68. The Labute approximate surface area is 211 Å². The molecule has 4 aliphatic rings. The lowest BCUT2D eigenvalue weighted by molar-refractivity contribution is 0.719. The molecule has 4 unspecified atom stereocenters. The van der Waals surface area contributed by atoms with Crippen LogP contribution >= 0.6 is 0 Å². The van der Waals surface area contributed by atoms with Crippen molar-refractivity contribution in [3.8, 4) is 22.5 Å². The molecule has 3 aromatic carbocycles. The maximum atomic E-state index is 5.52. The van der Waals surface area contributed by atoms with Gasteiger partial charge in [0.05, 0.1) is 22.4 Å². The first-order valence-corrected chi connectivity index (χ1v) is 13.8. The van der Waals surface area contributed by atoms with Gasteiger partial charge in [0.15, 0.2) is 0 Å². The molecule has 2 heterocycles. The summed E-state index contributed by atoms with van der Waals surface area (Å²) in [5, 5.41) is 2.72. The Morgan fingerprint density at radius 1 is 0.444 bits per heavy atom. The predicted octanol–water partition coefficient (Wildman–Crippen LogP) is 8.85. The Morgan fingerprint density at radius 2 is 0.833 bits per heavy atom. The predicted molar refractivity (Wildman–Crippen MR) is 147 cm³/mol. The maximum absolute atomic E-state index is 5.52. The van der Waals surface area contributed by atoms with Crippen LogP contribution in [0.5, 0.6) is 0 Å². The Bertz CT molecular complexity index is 1570. The largest absolute Gasteiger partial charge is 0.245 e. The zero-order valence-corrected chi connectivity index (χ0v) is 20.4. The molecule has 0 saturated heterocycles. The summed E-state index contributed by atoms with van der Waals surface area (Å²) < 4.78 is 0. The molecule has 5 aromatic rings. The van der Waals surface area contributed by atoms with Crippen LogP contribution in [0.25, 0.3) is 44.3 Å². The van der Waals surface area contributed by atoms with E-state index in [2.05, 4.69) is 72.8 Å². The Balaban J connectivity index is 1.43. The van der Waals surface area contributed by atoms with E-state index in [4.69, 9.17) is 9.97 Å².